The van der Waals surface area contributed by atoms with E-state index >= 15 is 0 Å². The van der Waals surface area contributed by atoms with Crippen molar-refractivity contribution in [2.45, 2.75) is 25.3 Å². The lowest BCUT2D eigenvalue weighted by atomic mass is 10.2. The number of nitrogens with one attached hydrogen (secondary N) is 3. The second-order valence-corrected chi connectivity index (χ2v) is 9.76. The third-order valence-corrected chi connectivity index (χ3v) is 6.96. The standard InChI is InChI=1S/C25H22N8O3S/c34-23-18(31-25(36)32-23)11-14-13-28-33-21(29-16-4-5-16)12-17(30-22(14)33)19-6-7-20(37-19)24(35)27-10-8-15-3-1-2-9-26-15/h1-3,6-7,9,11-13,16,34H,4-5,8,10H2,(H,27,35)(H2,31,32,36). The summed E-state index contributed by atoms with van der Waals surface area (Å²) < 4.78 is 1.65. The van der Waals surface area contributed by atoms with Gasteiger partial charge in [-0.05, 0) is 43.2 Å². The number of H-pyrrole nitrogens is 2. The van der Waals surface area contributed by atoms with Crippen molar-refractivity contribution in [1.29, 1.82) is 0 Å². The molecule has 1 fully saturated rings. The van der Waals surface area contributed by atoms with E-state index in [-0.39, 0.29) is 23.5 Å². The highest BCUT2D eigenvalue weighted by atomic mass is 32.1. The highest BCUT2D eigenvalue weighted by Gasteiger charge is 2.21. The Labute approximate surface area is 213 Å². The van der Waals surface area contributed by atoms with Crippen LogP contribution in [0, 0.1) is 0 Å². The molecule has 0 unspecified atom stereocenters. The number of imidazole rings is 1. The van der Waals surface area contributed by atoms with Crippen LogP contribution in [0.3, 0.4) is 0 Å². The molecule has 12 heteroatoms. The van der Waals surface area contributed by atoms with Crippen molar-refractivity contribution in [2.75, 3.05) is 6.54 Å². The molecular weight excluding hydrogens is 492 g/mol. The number of hydrogen-bond donors (Lipinski definition) is 4. The number of nitrogens with zero attached hydrogens (tertiary/aromatic N) is 5. The number of aromatic hydroxyl groups is 1. The second kappa shape index (κ2) is 9.47. The molecule has 5 heterocycles. The maximum absolute atomic E-state index is 12.7. The van der Waals surface area contributed by atoms with Gasteiger partial charge in [0.2, 0.25) is 5.88 Å². The number of aromatic nitrogens is 6. The summed E-state index contributed by atoms with van der Waals surface area (Å²) in [5.74, 6) is -0.415. The molecule has 0 spiro atoms. The zero-order valence-electron chi connectivity index (χ0n) is 19.5. The Bertz CT molecular complexity index is 1780. The van der Waals surface area contributed by atoms with Crippen LogP contribution in [0.5, 0.6) is 5.88 Å². The zero-order chi connectivity index (χ0) is 25.4. The first-order chi connectivity index (χ1) is 18.0. The number of carbonyl (C=O) groups excluding carboxylic acids is 1. The number of carbonyl (C=O) groups is 1. The number of aromatic amines is 2. The number of pyridine rings is 1. The topological polar surface area (TPSA) is 153 Å². The summed E-state index contributed by atoms with van der Waals surface area (Å²) in [6.07, 6.45) is 7.65. The van der Waals surface area contributed by atoms with Crippen LogP contribution in [0.4, 0.5) is 0 Å². The van der Waals surface area contributed by atoms with Crippen molar-refractivity contribution in [3.63, 3.8) is 0 Å². The lowest BCUT2D eigenvalue weighted by Crippen LogP contribution is -2.25. The SMILES string of the molecule is O=C(NCCc1ccccn1)c1ccc(-c2cc(=NC3CC3)n3ncc(=Cc4[nH]c(=O)[nH]c4O)c3n2)s1. The van der Waals surface area contributed by atoms with Gasteiger partial charge >= 0.3 is 5.69 Å². The van der Waals surface area contributed by atoms with Gasteiger partial charge in [0.25, 0.3) is 5.91 Å². The lowest BCUT2D eigenvalue weighted by molar-refractivity contribution is 0.0958. The van der Waals surface area contributed by atoms with Crippen molar-refractivity contribution in [2.24, 2.45) is 4.99 Å². The van der Waals surface area contributed by atoms with Crippen LogP contribution >= 0.6 is 11.3 Å². The van der Waals surface area contributed by atoms with Gasteiger partial charge in [0.1, 0.15) is 5.69 Å². The largest absolute Gasteiger partial charge is 0.493 e. The van der Waals surface area contributed by atoms with Crippen molar-refractivity contribution >= 4 is 29.0 Å². The van der Waals surface area contributed by atoms with E-state index in [2.05, 4.69) is 25.4 Å². The number of thiophene rings is 1. The summed E-state index contributed by atoms with van der Waals surface area (Å²) in [5.41, 5.74) is 2.48. The molecule has 0 bridgehead atoms. The summed E-state index contributed by atoms with van der Waals surface area (Å²) in [5, 5.41) is 18.0. The van der Waals surface area contributed by atoms with E-state index in [1.54, 1.807) is 29.1 Å². The molecule has 0 aromatic carbocycles. The molecular formula is C25H22N8O3S. The Morgan fingerprint density at radius 2 is 2.16 bits per heavy atom. The van der Waals surface area contributed by atoms with E-state index < -0.39 is 5.69 Å². The van der Waals surface area contributed by atoms with Crippen LogP contribution in [0.15, 0.2) is 58.6 Å². The Kier molecular flexibility index (Phi) is 5.85. The first kappa shape index (κ1) is 22.9. The van der Waals surface area contributed by atoms with Crippen LogP contribution in [-0.2, 0) is 6.42 Å². The molecule has 1 amide bonds. The van der Waals surface area contributed by atoms with Gasteiger partial charge in [-0.3, -0.25) is 19.8 Å². The Balaban J connectivity index is 1.32. The van der Waals surface area contributed by atoms with E-state index in [0.717, 1.165) is 23.4 Å². The van der Waals surface area contributed by atoms with E-state index in [1.165, 1.54) is 11.3 Å². The van der Waals surface area contributed by atoms with Gasteiger partial charge in [-0.1, -0.05) is 6.07 Å². The lowest BCUT2D eigenvalue weighted by Gasteiger charge is -2.03. The van der Waals surface area contributed by atoms with E-state index in [4.69, 9.17) is 9.98 Å². The maximum atomic E-state index is 12.7. The fraction of sp³-hybridized carbons (Fsp3) is 0.200. The van der Waals surface area contributed by atoms with E-state index in [0.29, 0.717) is 39.9 Å². The van der Waals surface area contributed by atoms with E-state index in [9.17, 15) is 14.7 Å². The fourth-order valence-electron chi connectivity index (χ4n) is 3.86. The second-order valence-electron chi connectivity index (χ2n) is 8.67. The smallest absolute Gasteiger partial charge is 0.326 e. The number of rotatable bonds is 7. The molecule has 0 saturated heterocycles. The Morgan fingerprint density at radius 1 is 1.27 bits per heavy atom. The minimum atomic E-state index is -0.511. The van der Waals surface area contributed by atoms with Crippen LogP contribution in [-0.4, -0.2) is 53.2 Å². The van der Waals surface area contributed by atoms with Gasteiger partial charge < -0.3 is 15.4 Å². The highest BCUT2D eigenvalue weighted by Crippen LogP contribution is 2.27. The minimum Gasteiger partial charge on any atom is -0.493 e. The predicted molar refractivity (Wildman–Crippen MR) is 137 cm³/mol. The van der Waals surface area contributed by atoms with Crippen molar-refractivity contribution < 1.29 is 9.90 Å². The average Bonchev–Trinajstić information content (AvgIpc) is 3.26. The monoisotopic (exact) mass is 514 g/mol. The molecule has 37 heavy (non-hydrogen) atoms. The maximum Gasteiger partial charge on any atom is 0.326 e. The Hall–Kier alpha value is -4.58. The molecule has 6 rings (SSSR count). The summed E-state index contributed by atoms with van der Waals surface area (Å²) in [6, 6.07) is 11.5. The van der Waals surface area contributed by atoms with Gasteiger partial charge in [0.15, 0.2) is 11.1 Å². The number of hydrogen-bond acceptors (Lipinski definition) is 8. The molecule has 4 N–H and O–H groups in total. The quantitative estimate of drug-likeness (QED) is 0.256. The molecule has 1 aliphatic carbocycles. The van der Waals surface area contributed by atoms with E-state index in [1.807, 2.05) is 30.3 Å². The molecule has 5 aromatic heterocycles. The van der Waals surface area contributed by atoms with Gasteiger partial charge in [0.05, 0.1) is 27.7 Å². The molecule has 186 valence electrons. The highest BCUT2D eigenvalue weighted by molar-refractivity contribution is 7.17. The molecule has 0 atom stereocenters. The van der Waals surface area contributed by atoms with Crippen LogP contribution in [0.1, 0.15) is 33.9 Å². The molecule has 1 saturated carbocycles. The van der Waals surface area contributed by atoms with Gasteiger partial charge in [0, 0.05) is 36.1 Å². The predicted octanol–water partition coefficient (Wildman–Crippen LogP) is 1.16. The third-order valence-electron chi connectivity index (χ3n) is 5.85. The summed E-state index contributed by atoms with van der Waals surface area (Å²) in [6.45, 7) is 0.487. The average molecular weight is 515 g/mol. The van der Waals surface area contributed by atoms with Crippen molar-refractivity contribution in [1.82, 2.24) is 34.9 Å². The summed E-state index contributed by atoms with van der Waals surface area (Å²) in [4.78, 5) is 44.4. The summed E-state index contributed by atoms with van der Waals surface area (Å²) >= 11 is 1.35. The van der Waals surface area contributed by atoms with Crippen LogP contribution in [0.25, 0.3) is 22.3 Å². The zero-order valence-corrected chi connectivity index (χ0v) is 20.3. The molecule has 0 radical (unpaired) electrons. The number of amides is 1. The normalized spacial score (nSPS) is 14.5. The van der Waals surface area contributed by atoms with Crippen LogP contribution in [0.2, 0.25) is 0 Å². The summed E-state index contributed by atoms with van der Waals surface area (Å²) in [7, 11) is 0. The Morgan fingerprint density at radius 3 is 2.92 bits per heavy atom. The fourth-order valence-corrected chi connectivity index (χ4v) is 4.74. The first-order valence-electron chi connectivity index (χ1n) is 11.8. The molecule has 5 aromatic rings. The third kappa shape index (κ3) is 4.91. The van der Waals surface area contributed by atoms with Gasteiger partial charge in [-0.2, -0.15) is 9.61 Å². The first-order valence-corrected chi connectivity index (χ1v) is 12.6. The van der Waals surface area contributed by atoms with Gasteiger partial charge in [-0.15, -0.1) is 11.3 Å². The van der Waals surface area contributed by atoms with Crippen molar-refractivity contribution in [3.05, 3.63) is 86.2 Å². The molecule has 0 aliphatic heterocycles. The molecule has 11 nitrogen and oxygen atoms in total. The minimum absolute atomic E-state index is 0.151. The number of fused-ring (bicyclic) bond motifs is 1. The van der Waals surface area contributed by atoms with Gasteiger partial charge in [-0.25, -0.2) is 9.78 Å². The molecule has 1 aliphatic rings. The van der Waals surface area contributed by atoms with Crippen LogP contribution < -0.4 is 21.7 Å². The van der Waals surface area contributed by atoms with Crippen molar-refractivity contribution in [3.8, 4) is 16.5 Å².